The fraction of sp³-hybridized carbons (Fsp3) is 0.429. The molecule has 2 aliphatic heterocycles. The van der Waals surface area contributed by atoms with Crippen molar-refractivity contribution in [3.05, 3.63) is 29.8 Å². The number of benzene rings is 1. The molecule has 7 heteroatoms. The number of methoxy groups -OCH3 is 1. The number of carboxylic acid groups (broad SMARTS) is 1. The van der Waals surface area contributed by atoms with Crippen molar-refractivity contribution < 1.29 is 28.9 Å². The van der Waals surface area contributed by atoms with Crippen LogP contribution in [0, 0.1) is 0 Å². The maximum atomic E-state index is 12.3. The summed E-state index contributed by atoms with van der Waals surface area (Å²) >= 11 is 0. The maximum absolute atomic E-state index is 12.3. The Morgan fingerprint density at radius 1 is 1.38 bits per heavy atom. The molecule has 2 saturated heterocycles. The summed E-state index contributed by atoms with van der Waals surface area (Å²) in [7, 11) is 1.58. The van der Waals surface area contributed by atoms with E-state index in [1.165, 1.54) is 0 Å². The lowest BCUT2D eigenvalue weighted by molar-refractivity contribution is -0.162. The minimum Gasteiger partial charge on any atom is -0.497 e. The average molecular weight is 293 g/mol. The van der Waals surface area contributed by atoms with Crippen molar-refractivity contribution >= 4 is 11.9 Å². The Balaban J connectivity index is 1.72. The van der Waals surface area contributed by atoms with Gasteiger partial charge in [-0.2, -0.15) is 0 Å². The summed E-state index contributed by atoms with van der Waals surface area (Å²) < 4.78 is 15.6. The van der Waals surface area contributed by atoms with E-state index in [9.17, 15) is 9.59 Å². The van der Waals surface area contributed by atoms with Crippen molar-refractivity contribution in [3.8, 4) is 5.75 Å². The van der Waals surface area contributed by atoms with Gasteiger partial charge in [0, 0.05) is 6.54 Å². The van der Waals surface area contributed by atoms with Crippen molar-refractivity contribution in [3.63, 3.8) is 0 Å². The lowest BCUT2D eigenvalue weighted by atomic mass is 10.1. The van der Waals surface area contributed by atoms with Crippen molar-refractivity contribution in [1.29, 1.82) is 0 Å². The summed E-state index contributed by atoms with van der Waals surface area (Å²) in [5.74, 6) is -0.796. The summed E-state index contributed by atoms with van der Waals surface area (Å²) in [6.07, 6.45) is -2.95. The molecule has 7 nitrogen and oxygen atoms in total. The van der Waals surface area contributed by atoms with Crippen LogP contribution < -0.4 is 4.74 Å². The van der Waals surface area contributed by atoms with Gasteiger partial charge in [-0.15, -0.1) is 0 Å². The highest BCUT2D eigenvalue weighted by Crippen LogP contribution is 2.28. The van der Waals surface area contributed by atoms with Crippen LogP contribution in [0.4, 0.5) is 0 Å². The smallest absolute Gasteiger partial charge is 0.336 e. The number of nitrogens with zero attached hydrogens (tertiary/aromatic N) is 1. The average Bonchev–Trinajstić information content (AvgIpc) is 2.85. The highest BCUT2D eigenvalue weighted by Gasteiger charge is 2.51. The fourth-order valence-corrected chi connectivity index (χ4v) is 2.51. The molecule has 0 radical (unpaired) electrons. The quantitative estimate of drug-likeness (QED) is 0.855. The van der Waals surface area contributed by atoms with Crippen LogP contribution >= 0.6 is 0 Å². The monoisotopic (exact) mass is 293 g/mol. The normalized spacial score (nSPS) is 27.8. The zero-order chi connectivity index (χ0) is 15.0. The SMILES string of the molecule is COc1ccc(CN2C[C@@H]3O[C@@H](C(=O)O)[C@@H](O3)C2=O)cc1. The standard InChI is InChI=1S/C14H15NO6/c1-19-9-4-2-8(3-5-9)6-15-7-10-20-11(13(15)16)12(21-10)14(17)18/h2-5,10-12H,6-7H2,1H3,(H,17,18)/t10-,11+,12+/m0/s1. The molecular weight excluding hydrogens is 278 g/mol. The Bertz CT molecular complexity index is 557. The second kappa shape index (κ2) is 5.34. The van der Waals surface area contributed by atoms with Crippen LogP contribution in [0.15, 0.2) is 24.3 Å². The number of carbonyl (C=O) groups is 2. The Labute approximate surface area is 121 Å². The third kappa shape index (κ3) is 2.57. The summed E-state index contributed by atoms with van der Waals surface area (Å²) in [5, 5.41) is 9.02. The Morgan fingerprint density at radius 2 is 2.10 bits per heavy atom. The molecule has 1 aromatic rings. The van der Waals surface area contributed by atoms with Crippen molar-refractivity contribution in [2.24, 2.45) is 0 Å². The molecule has 112 valence electrons. The number of ether oxygens (including phenoxy) is 3. The van der Waals surface area contributed by atoms with Gasteiger partial charge in [-0.25, -0.2) is 4.79 Å². The van der Waals surface area contributed by atoms with Gasteiger partial charge in [0.05, 0.1) is 13.7 Å². The summed E-state index contributed by atoms with van der Waals surface area (Å²) in [6.45, 7) is 0.611. The number of rotatable bonds is 4. The highest BCUT2D eigenvalue weighted by atomic mass is 16.7. The summed E-state index contributed by atoms with van der Waals surface area (Å²) in [4.78, 5) is 24.9. The number of fused-ring (bicyclic) bond motifs is 2. The molecule has 0 saturated carbocycles. The van der Waals surface area contributed by atoms with E-state index in [4.69, 9.17) is 19.3 Å². The van der Waals surface area contributed by atoms with Crippen molar-refractivity contribution in [2.75, 3.05) is 13.7 Å². The van der Waals surface area contributed by atoms with Gasteiger partial charge in [-0.05, 0) is 17.7 Å². The van der Waals surface area contributed by atoms with E-state index in [1.807, 2.05) is 24.3 Å². The molecule has 21 heavy (non-hydrogen) atoms. The Kier molecular flexibility index (Phi) is 3.52. The molecule has 2 aliphatic rings. The first-order valence-electron chi connectivity index (χ1n) is 6.54. The molecule has 3 atom stereocenters. The van der Waals surface area contributed by atoms with Gasteiger partial charge in [-0.3, -0.25) is 4.79 Å². The molecule has 0 spiro atoms. The second-order valence-corrected chi connectivity index (χ2v) is 4.95. The number of carbonyl (C=O) groups excluding carboxylic acids is 1. The minimum atomic E-state index is -1.22. The van der Waals surface area contributed by atoms with Crippen LogP contribution in [-0.4, -0.2) is 54.0 Å². The molecule has 0 aliphatic carbocycles. The van der Waals surface area contributed by atoms with E-state index < -0.39 is 24.5 Å². The highest BCUT2D eigenvalue weighted by molar-refractivity contribution is 5.89. The van der Waals surface area contributed by atoms with Gasteiger partial charge in [0.2, 0.25) is 0 Å². The molecule has 0 unspecified atom stereocenters. The van der Waals surface area contributed by atoms with Gasteiger partial charge in [-0.1, -0.05) is 12.1 Å². The molecule has 3 rings (SSSR count). The van der Waals surface area contributed by atoms with Crippen molar-refractivity contribution in [2.45, 2.75) is 25.0 Å². The molecule has 0 aromatic heterocycles. The topological polar surface area (TPSA) is 85.3 Å². The van der Waals surface area contributed by atoms with Crippen LogP contribution in [0.3, 0.4) is 0 Å². The first kappa shape index (κ1) is 13.8. The van der Waals surface area contributed by atoms with E-state index in [1.54, 1.807) is 12.0 Å². The van der Waals surface area contributed by atoms with Crippen molar-refractivity contribution in [1.82, 2.24) is 4.90 Å². The van der Waals surface area contributed by atoms with Crippen LogP contribution in [-0.2, 0) is 25.6 Å². The van der Waals surface area contributed by atoms with Gasteiger partial charge in [0.25, 0.3) is 5.91 Å². The number of aliphatic carboxylic acids is 1. The first-order chi connectivity index (χ1) is 10.1. The molecular formula is C14H15NO6. The fourth-order valence-electron chi connectivity index (χ4n) is 2.51. The van der Waals surface area contributed by atoms with Crippen LogP contribution in [0.25, 0.3) is 0 Å². The molecule has 2 bridgehead atoms. The Hall–Kier alpha value is -2.12. The number of amides is 1. The second-order valence-electron chi connectivity index (χ2n) is 4.95. The van der Waals surface area contributed by atoms with Gasteiger partial charge in [0.1, 0.15) is 5.75 Å². The third-order valence-electron chi connectivity index (χ3n) is 3.57. The summed E-state index contributed by atoms with van der Waals surface area (Å²) in [5.41, 5.74) is 0.928. The van der Waals surface area contributed by atoms with Gasteiger partial charge in [0.15, 0.2) is 18.5 Å². The number of hydrogen-bond acceptors (Lipinski definition) is 5. The molecule has 1 N–H and O–H groups in total. The van der Waals surface area contributed by atoms with E-state index in [-0.39, 0.29) is 12.5 Å². The zero-order valence-corrected chi connectivity index (χ0v) is 11.4. The minimum absolute atomic E-state index is 0.227. The van der Waals surface area contributed by atoms with E-state index >= 15 is 0 Å². The molecule has 2 fully saturated rings. The molecule has 1 amide bonds. The van der Waals surface area contributed by atoms with Gasteiger partial charge >= 0.3 is 5.97 Å². The lowest BCUT2D eigenvalue weighted by Crippen LogP contribution is -2.49. The van der Waals surface area contributed by atoms with E-state index in [0.29, 0.717) is 6.54 Å². The number of morpholine rings is 1. The first-order valence-corrected chi connectivity index (χ1v) is 6.54. The van der Waals surface area contributed by atoms with E-state index in [2.05, 4.69) is 0 Å². The molecule has 2 heterocycles. The Morgan fingerprint density at radius 3 is 2.71 bits per heavy atom. The third-order valence-corrected chi connectivity index (χ3v) is 3.57. The van der Waals surface area contributed by atoms with Crippen LogP contribution in [0.5, 0.6) is 5.75 Å². The largest absolute Gasteiger partial charge is 0.497 e. The zero-order valence-electron chi connectivity index (χ0n) is 11.4. The number of carboxylic acids is 1. The van der Waals surface area contributed by atoms with Crippen LogP contribution in [0.1, 0.15) is 5.56 Å². The predicted octanol–water partition coefficient (Wildman–Crippen LogP) is 0.232. The lowest BCUT2D eigenvalue weighted by Gasteiger charge is -2.30. The summed E-state index contributed by atoms with van der Waals surface area (Å²) in [6, 6.07) is 7.34. The maximum Gasteiger partial charge on any atom is 0.336 e. The van der Waals surface area contributed by atoms with Gasteiger partial charge < -0.3 is 24.2 Å². The molecule has 1 aromatic carbocycles. The van der Waals surface area contributed by atoms with E-state index in [0.717, 1.165) is 11.3 Å². The predicted molar refractivity (Wildman–Crippen MR) is 69.6 cm³/mol. The van der Waals surface area contributed by atoms with Crippen LogP contribution in [0.2, 0.25) is 0 Å². The number of hydrogen-bond donors (Lipinski definition) is 1.